The van der Waals surface area contributed by atoms with Gasteiger partial charge in [0.1, 0.15) is 63.4 Å². The first-order valence-electron chi connectivity index (χ1n) is 47.5. The molecule has 0 radical (unpaired) electrons. The van der Waals surface area contributed by atoms with Crippen LogP contribution >= 0.6 is 9.68 Å². The van der Waals surface area contributed by atoms with Crippen molar-refractivity contribution in [1.82, 2.24) is 58.6 Å². The minimum Gasteiger partial charge on any atom is -0.478 e. The molecule has 778 valence electrons. The number of carboxylic acid groups (broad SMARTS) is 2. The van der Waals surface area contributed by atoms with Gasteiger partial charge in [-0.05, 0) is 71.6 Å². The Kier molecular flexibility index (Phi) is 47.1. The number of ether oxygens (including phenoxy) is 9. The summed E-state index contributed by atoms with van der Waals surface area (Å²) in [5, 5.41) is 66.5. The highest BCUT2D eigenvalue weighted by atomic mass is 31.0. The van der Waals surface area contributed by atoms with Crippen molar-refractivity contribution in [3.63, 3.8) is 0 Å². The second-order valence-corrected chi connectivity index (χ2v) is 32.5. The lowest BCUT2D eigenvalue weighted by molar-refractivity contribution is -0.160. The number of fused-ring (bicyclic) bond motifs is 3. The summed E-state index contributed by atoms with van der Waals surface area (Å²) in [6, 6.07) is 26.0. The molecule has 6 aromatic heterocycles. The zero-order chi connectivity index (χ0) is 107. The molecule has 44 heteroatoms. The van der Waals surface area contributed by atoms with Crippen LogP contribution in [0.4, 0.5) is 30.6 Å². The third-order valence-corrected chi connectivity index (χ3v) is 22.4. The highest BCUT2D eigenvalue weighted by molar-refractivity contribution is 6.92. The lowest BCUT2D eigenvalue weighted by atomic mass is 9.98. The molecule has 10 aromatic rings. The predicted octanol–water partition coefficient (Wildman–Crippen LogP) is 12.7. The van der Waals surface area contributed by atoms with Gasteiger partial charge < -0.3 is 95.6 Å². The number of rotatable bonds is 39. The maximum absolute atomic E-state index is 13.8. The molecule has 3 aliphatic rings. The van der Waals surface area contributed by atoms with Crippen LogP contribution in [0, 0.1) is 55.3 Å². The van der Waals surface area contributed by atoms with Gasteiger partial charge in [-0.1, -0.05) is 204 Å². The third kappa shape index (κ3) is 33.3. The van der Waals surface area contributed by atoms with E-state index in [1.165, 1.54) is 56.9 Å². The highest BCUT2D eigenvalue weighted by Gasteiger charge is 2.53. The van der Waals surface area contributed by atoms with Crippen LogP contribution in [0.5, 0.6) is 0 Å². The number of aliphatic hydroxyl groups is 5. The normalized spacial score (nSPS) is 18.7. The third-order valence-electron chi connectivity index (χ3n) is 22.4. The Morgan fingerprint density at radius 2 is 0.736 bits per heavy atom. The van der Waals surface area contributed by atoms with E-state index in [0.29, 0.717) is 54.4 Å². The molecular formula is C100H128F3N15O25P+. The number of unbranched alkanes of at least 4 members (excludes halogenated alkanes) is 10. The number of carboxylic acids is 2. The number of aromatic nitrogens is 12. The average Bonchev–Trinajstić information content (AvgIpc) is 1.61. The number of terminal acetylenes is 3. The zero-order valence-corrected chi connectivity index (χ0v) is 79.9. The van der Waals surface area contributed by atoms with Crippen molar-refractivity contribution in [2.24, 2.45) is 0 Å². The summed E-state index contributed by atoms with van der Waals surface area (Å²) in [5.74, 6) is 1.45. The number of carbonyl (C=O) groups is 9. The molecule has 0 bridgehead atoms. The molecule has 3 fully saturated rings. The predicted molar refractivity (Wildman–Crippen MR) is 526 cm³/mol. The number of nitrogens with zero attached hydrogens (tertiary/aromatic N) is 12. The van der Waals surface area contributed by atoms with Crippen molar-refractivity contribution in [2.75, 3.05) is 37.0 Å². The van der Waals surface area contributed by atoms with Crippen LogP contribution in [0.25, 0.3) is 33.5 Å². The summed E-state index contributed by atoms with van der Waals surface area (Å²) in [6.45, 7) is 8.21. The number of hydrogen-bond acceptors (Lipinski definition) is 35. The van der Waals surface area contributed by atoms with Crippen molar-refractivity contribution >= 4 is 114 Å². The van der Waals surface area contributed by atoms with Crippen LogP contribution in [0.15, 0.2) is 116 Å². The summed E-state index contributed by atoms with van der Waals surface area (Å²) in [6.07, 6.45) is 27.5. The van der Waals surface area contributed by atoms with E-state index in [9.17, 15) is 76.7 Å². The first-order chi connectivity index (χ1) is 69.7. The van der Waals surface area contributed by atoms with Crippen LogP contribution in [0.3, 0.4) is 0 Å². The van der Waals surface area contributed by atoms with Crippen LogP contribution in [-0.4, -0.2) is 208 Å². The fourth-order valence-electron chi connectivity index (χ4n) is 14.6. The number of nitrogens with two attached hydrogens (primary N) is 3. The van der Waals surface area contributed by atoms with Gasteiger partial charge in [0.25, 0.3) is 5.11 Å². The highest BCUT2D eigenvalue weighted by Crippen LogP contribution is 2.43. The van der Waals surface area contributed by atoms with Gasteiger partial charge in [-0.15, -0.1) is 19.3 Å². The Morgan fingerprint density at radius 3 is 1.06 bits per heavy atom. The Bertz CT molecular complexity index is 6170. The minimum atomic E-state index is -3.39. The molecule has 0 spiro atoms. The number of aromatic carboxylic acids is 2. The van der Waals surface area contributed by atoms with E-state index in [4.69, 9.17) is 94.8 Å². The maximum atomic E-state index is 13.8. The molecule has 3 aliphatic heterocycles. The number of halogens is 3. The molecule has 9 atom stereocenters. The Morgan fingerprint density at radius 1 is 0.438 bits per heavy atom. The van der Waals surface area contributed by atoms with Crippen LogP contribution in [0.2, 0.25) is 0 Å². The quantitative estimate of drug-likeness (QED) is 0.00325. The number of nitrogen functional groups attached to an aromatic ring is 3. The molecule has 13 rings (SSSR count). The summed E-state index contributed by atoms with van der Waals surface area (Å²) in [4.78, 5) is 139. The van der Waals surface area contributed by atoms with Gasteiger partial charge in [0.15, 0.2) is 67.7 Å². The summed E-state index contributed by atoms with van der Waals surface area (Å²) >= 11 is 0. The molecule has 4 aromatic carbocycles. The SMILES string of the molecule is C.C.C#C[C@]1(CO)O[C@@H](n2cnc3c(N)nc(F)nc32)C[C@@H]1O.C#C[C@]1(CO)O[C@@H](n2cnc3c(N)nc(F)nc32)C[C@@H]1OC(=O)c1ccccc1COC(=O)CCCCC.C#C[C@]1(COC(=O)c2ccccc2COC(=O)CCCCC)O[C@@H](n2cnc3c(N)nc(F)nc32)C[C@@H]1O.CCCCCC(=O)OC(=O)CCCCC.CCCCCC(=O)OCc1ccccc1C(=O)O.O=C(O)c1ccccc1CO.[3H][P+]([3H])([3H])[3H]. The number of carbonyl (C=O) groups excluding carboxylic acids is 7. The van der Waals surface area contributed by atoms with Crippen molar-refractivity contribution in [3.8, 4) is 37.0 Å². The van der Waals surface area contributed by atoms with Crippen molar-refractivity contribution in [1.29, 1.82) is 5.11 Å². The van der Waals surface area contributed by atoms with Gasteiger partial charge in [0.05, 0.1) is 61.1 Å². The van der Waals surface area contributed by atoms with E-state index in [2.05, 4.69) is 88.1 Å². The van der Waals surface area contributed by atoms with Gasteiger partial charge in [-0.3, -0.25) is 37.7 Å². The van der Waals surface area contributed by atoms with Crippen molar-refractivity contribution in [3.05, 3.63) is 179 Å². The second-order valence-electron chi connectivity index (χ2n) is 32.5. The number of aliphatic hydroxyl groups excluding tert-OH is 5. The fourth-order valence-corrected chi connectivity index (χ4v) is 14.6. The van der Waals surface area contributed by atoms with E-state index < -0.39 is 125 Å². The fraction of sp³-hybridized carbons (Fsp3) is 0.460. The topological polar surface area (TPSA) is 587 Å². The summed E-state index contributed by atoms with van der Waals surface area (Å²) in [5.41, 5.74) is 15.5. The monoisotopic (exact) mass is 2030 g/mol. The number of imidazole rings is 3. The standard InChI is InChI=1S/2C26H28FN5O6.C14H18O4.C12H12FN5O3.C12H22O3.C8H8O3.2CH4.H3P/c1-3-5-6-11-20(34)36-13-16-9-7-8-10-17(16)24(35)37-14-26(4-2)18(33)12-19(38-26)32-15-29-21-22(28)30-25(27)31-23(21)32;1-3-5-6-11-20(34)36-13-16-9-7-8-10-17(16)24(35)37-18-12-19(38-26(18,4-2)14-33)32-15-29-21-22(28)30-25(27)31-23(21)32;1-2-3-4-9-13(15)18-10-11-7-5-6-8-12(11)14(16)17;1-2-12(4-19)6(20)3-7(21-12)18-5-15-8-9(14)16-11(13)17-10(8)18;1-3-5-7-9-11(13)15-12(14)10-8-6-4-2;9-5-6-3-1-2-4-7(6)8(10)11;;;/h2*2,7-10,15,18-19,33H,3,5-6,11-14H2,1H3,(H2,28,30,31);5-8H,2-4,9-10H2,1H3,(H,16,17);1,5-7,19-20H,3-4H2,(H2,14,16,17);3-10H2,1-2H3;1-4,9H,5H2,(H,10,11);2*1H4;1H3/p+1/t2*18-,19+,26+;;6-,7+,12+;;;;;/m00.0...../s1/i;;;;;;;;1T3/hT. The van der Waals surface area contributed by atoms with Gasteiger partial charge >= 0.3 is 72.0 Å². The second kappa shape index (κ2) is 59.8. The van der Waals surface area contributed by atoms with Gasteiger partial charge in [0.2, 0.25) is 0 Å². The Hall–Kier alpha value is -14.1. The van der Waals surface area contributed by atoms with Crippen LogP contribution in [0.1, 0.15) is 280 Å². The molecule has 0 amide bonds. The van der Waals surface area contributed by atoms with Gasteiger partial charge in [0, 0.05) is 68.1 Å². The van der Waals surface area contributed by atoms with E-state index in [-0.39, 0.29) is 164 Å². The van der Waals surface area contributed by atoms with Gasteiger partial charge in [-0.2, -0.15) is 43.1 Å². The molecule has 144 heavy (non-hydrogen) atoms. The molecule has 3 saturated heterocycles. The molecule has 0 unspecified atom stereocenters. The molecule has 9 heterocycles. The van der Waals surface area contributed by atoms with Crippen molar-refractivity contribution in [2.45, 2.75) is 277 Å². The molecule has 40 nitrogen and oxygen atoms in total. The van der Waals surface area contributed by atoms with E-state index in [1.807, 2.05) is 13.8 Å². The summed E-state index contributed by atoms with van der Waals surface area (Å²) in [7, 11) is -3.39. The van der Waals surface area contributed by atoms with Crippen LogP contribution in [-0.2, 0) is 93.0 Å². The molecular weight excluding hydrogens is 1900 g/mol. The van der Waals surface area contributed by atoms with Gasteiger partial charge in [-0.25, -0.2) is 34.1 Å². The van der Waals surface area contributed by atoms with E-state index in [0.717, 1.165) is 96.3 Å². The number of hydrogen-bond donors (Lipinski definition) is 10. The minimum absolute atomic E-state index is 0. The molecule has 0 aliphatic carbocycles. The van der Waals surface area contributed by atoms with Crippen LogP contribution < -0.4 is 17.2 Å². The smallest absolute Gasteiger partial charge is 0.338 e. The lowest BCUT2D eigenvalue weighted by Gasteiger charge is -2.27. The Balaban J connectivity index is 0.000000324. The lowest BCUT2D eigenvalue weighted by Crippen LogP contribution is -2.44. The average molecular weight is 2040 g/mol. The number of anilines is 3. The van der Waals surface area contributed by atoms with E-state index >= 15 is 0 Å². The summed E-state index contributed by atoms with van der Waals surface area (Å²) < 4.78 is 118. The largest absolute Gasteiger partial charge is 0.478 e. The Labute approximate surface area is 839 Å². The van der Waals surface area contributed by atoms with E-state index in [1.54, 1.807) is 72.8 Å². The maximum Gasteiger partial charge on any atom is 0.338 e. The molecule has 13 N–H and O–H groups in total. The first-order valence-corrected chi connectivity index (χ1v) is 45.7. The number of benzene rings is 4. The molecule has 0 saturated carbocycles. The van der Waals surface area contributed by atoms with Crippen molar-refractivity contribution < 1.29 is 135 Å². The zero-order valence-electron chi connectivity index (χ0n) is 83.0. The number of esters is 7. The first kappa shape index (κ1) is 114.